The summed E-state index contributed by atoms with van der Waals surface area (Å²) < 4.78 is 40.1. The van der Waals surface area contributed by atoms with Gasteiger partial charge in [-0.1, -0.05) is 6.07 Å². The van der Waals surface area contributed by atoms with Crippen molar-refractivity contribution in [2.75, 3.05) is 24.1 Å². The first-order valence-electron chi connectivity index (χ1n) is 8.05. The smallest absolute Gasteiger partial charge is 0.234 e. The number of guanidine groups is 1. The van der Waals surface area contributed by atoms with Crippen LogP contribution in [0.3, 0.4) is 0 Å². The number of sulfonamides is 1. The van der Waals surface area contributed by atoms with Crippen molar-refractivity contribution in [2.45, 2.75) is 20.4 Å². The average Bonchev–Trinajstić information content (AvgIpc) is 2.99. The van der Waals surface area contributed by atoms with E-state index in [1.54, 1.807) is 25.3 Å². The van der Waals surface area contributed by atoms with Crippen LogP contribution < -0.4 is 15.4 Å². The van der Waals surface area contributed by atoms with Gasteiger partial charge in [-0.05, 0) is 48.6 Å². The molecule has 0 radical (unpaired) electrons. The molecule has 2 aromatic rings. The Morgan fingerprint density at radius 3 is 2.52 bits per heavy atom. The zero-order valence-corrected chi connectivity index (χ0v) is 19.3. The van der Waals surface area contributed by atoms with Crippen LogP contribution in [-0.4, -0.2) is 33.7 Å². The zero-order chi connectivity index (χ0) is 19.2. The Labute approximate surface area is 180 Å². The zero-order valence-electron chi connectivity index (χ0n) is 15.4. The maximum Gasteiger partial charge on any atom is 0.234 e. The highest BCUT2D eigenvalue weighted by Gasteiger charge is 2.12. The number of hydrogen-bond acceptors (Lipinski definition) is 4. The van der Waals surface area contributed by atoms with Crippen LogP contribution in [0.2, 0.25) is 0 Å². The number of aryl methyl sites for hydroxylation is 2. The normalized spacial score (nSPS) is 11.6. The summed E-state index contributed by atoms with van der Waals surface area (Å²) in [5, 5.41) is 8.13. The molecule has 6 nitrogen and oxygen atoms in total. The number of anilines is 1. The number of rotatable bonds is 7. The third-order valence-corrected chi connectivity index (χ3v) is 6.03. The van der Waals surface area contributed by atoms with Crippen LogP contribution in [-0.2, 0) is 16.6 Å². The highest BCUT2D eigenvalue weighted by Crippen LogP contribution is 2.15. The van der Waals surface area contributed by atoms with Crippen LogP contribution in [0.25, 0.3) is 0 Å². The Morgan fingerprint density at radius 2 is 1.93 bits per heavy atom. The van der Waals surface area contributed by atoms with Crippen molar-refractivity contribution in [1.29, 1.82) is 0 Å². The van der Waals surface area contributed by atoms with E-state index in [1.165, 1.54) is 28.6 Å². The van der Waals surface area contributed by atoms with E-state index in [4.69, 9.17) is 0 Å². The Morgan fingerprint density at radius 1 is 1.19 bits per heavy atom. The van der Waals surface area contributed by atoms with E-state index in [0.717, 1.165) is 0 Å². The van der Waals surface area contributed by atoms with Gasteiger partial charge in [-0.3, -0.25) is 9.71 Å². The summed E-state index contributed by atoms with van der Waals surface area (Å²) >= 11 is 1.65. The third kappa shape index (κ3) is 7.62. The summed E-state index contributed by atoms with van der Waals surface area (Å²) in [5.74, 6) is -0.0903. The molecule has 10 heteroatoms. The molecule has 0 aliphatic heterocycles. The van der Waals surface area contributed by atoms with Gasteiger partial charge < -0.3 is 10.6 Å². The lowest BCUT2D eigenvalue weighted by Gasteiger charge is -2.13. The Balaban J connectivity index is 0.00000364. The SMILES string of the molecule is CN=C(NCCS(=O)(=O)Nc1ccc(C)c(F)c1)NCc1sccc1C.I. The monoisotopic (exact) mass is 526 g/mol. The lowest BCUT2D eigenvalue weighted by atomic mass is 10.2. The number of aliphatic imine (C=N–C) groups is 1. The maximum atomic E-state index is 13.5. The van der Waals surface area contributed by atoms with Crippen molar-refractivity contribution < 1.29 is 12.8 Å². The van der Waals surface area contributed by atoms with Crippen molar-refractivity contribution in [1.82, 2.24) is 10.6 Å². The number of nitrogens with zero attached hydrogens (tertiary/aromatic N) is 1. The molecule has 0 bridgehead atoms. The minimum absolute atomic E-state index is 0. The fourth-order valence-corrected chi connectivity index (χ4v) is 3.97. The van der Waals surface area contributed by atoms with Gasteiger partial charge in [0.1, 0.15) is 5.82 Å². The quantitative estimate of drug-likeness (QED) is 0.294. The lowest BCUT2D eigenvalue weighted by Crippen LogP contribution is -2.39. The Kier molecular flexibility index (Phi) is 9.47. The molecule has 0 amide bonds. The molecule has 150 valence electrons. The van der Waals surface area contributed by atoms with Gasteiger partial charge in [-0.15, -0.1) is 35.3 Å². The van der Waals surface area contributed by atoms with Crippen molar-refractivity contribution in [3.63, 3.8) is 0 Å². The second-order valence-electron chi connectivity index (χ2n) is 5.76. The maximum absolute atomic E-state index is 13.5. The number of halogens is 2. The van der Waals surface area contributed by atoms with Gasteiger partial charge in [0.2, 0.25) is 10.0 Å². The first kappa shape index (κ1) is 23.6. The highest BCUT2D eigenvalue weighted by atomic mass is 127. The fourth-order valence-electron chi connectivity index (χ4n) is 2.16. The molecule has 2 rings (SSSR count). The second kappa shape index (κ2) is 10.8. The van der Waals surface area contributed by atoms with Gasteiger partial charge >= 0.3 is 0 Å². The van der Waals surface area contributed by atoms with E-state index in [-0.39, 0.29) is 42.0 Å². The molecule has 0 fully saturated rings. The molecular formula is C17H24FIN4O2S2. The molecule has 0 saturated carbocycles. The molecule has 0 unspecified atom stereocenters. The first-order chi connectivity index (χ1) is 12.3. The van der Waals surface area contributed by atoms with E-state index in [9.17, 15) is 12.8 Å². The van der Waals surface area contributed by atoms with Gasteiger partial charge in [0.15, 0.2) is 5.96 Å². The largest absolute Gasteiger partial charge is 0.355 e. The van der Waals surface area contributed by atoms with Crippen LogP contribution >= 0.6 is 35.3 Å². The minimum atomic E-state index is -3.59. The van der Waals surface area contributed by atoms with Gasteiger partial charge in [-0.2, -0.15) is 0 Å². The fraction of sp³-hybridized carbons (Fsp3) is 0.353. The second-order valence-corrected chi connectivity index (χ2v) is 8.61. The molecular weight excluding hydrogens is 502 g/mol. The molecule has 0 aliphatic carbocycles. The van der Waals surface area contributed by atoms with Gasteiger partial charge in [0.25, 0.3) is 0 Å². The van der Waals surface area contributed by atoms with E-state index >= 15 is 0 Å². The molecule has 1 aromatic carbocycles. The molecule has 3 N–H and O–H groups in total. The topological polar surface area (TPSA) is 82.6 Å². The van der Waals surface area contributed by atoms with Crippen molar-refractivity contribution >= 4 is 57.0 Å². The van der Waals surface area contributed by atoms with Crippen molar-refractivity contribution in [2.24, 2.45) is 4.99 Å². The molecule has 1 heterocycles. The number of benzene rings is 1. The summed E-state index contributed by atoms with van der Waals surface area (Å²) in [6.45, 7) is 4.45. The number of thiophene rings is 1. The minimum Gasteiger partial charge on any atom is -0.355 e. The predicted molar refractivity (Wildman–Crippen MR) is 121 cm³/mol. The Bertz CT molecular complexity index is 885. The van der Waals surface area contributed by atoms with E-state index in [2.05, 4.69) is 20.3 Å². The van der Waals surface area contributed by atoms with Crippen LogP contribution in [0, 0.1) is 19.7 Å². The summed E-state index contributed by atoms with van der Waals surface area (Å²) in [7, 11) is -1.97. The van der Waals surface area contributed by atoms with E-state index in [0.29, 0.717) is 18.1 Å². The van der Waals surface area contributed by atoms with Crippen LogP contribution in [0.5, 0.6) is 0 Å². The summed E-state index contributed by atoms with van der Waals surface area (Å²) in [6.07, 6.45) is 0. The summed E-state index contributed by atoms with van der Waals surface area (Å²) in [4.78, 5) is 5.27. The lowest BCUT2D eigenvalue weighted by molar-refractivity contribution is 0.599. The van der Waals surface area contributed by atoms with Gasteiger partial charge in [0.05, 0.1) is 18.0 Å². The molecule has 0 aliphatic rings. The summed E-state index contributed by atoms with van der Waals surface area (Å²) in [6, 6.07) is 6.28. The highest BCUT2D eigenvalue weighted by molar-refractivity contribution is 14.0. The average molecular weight is 526 g/mol. The summed E-state index contributed by atoms with van der Waals surface area (Å²) in [5.41, 5.74) is 1.88. The van der Waals surface area contributed by atoms with Gasteiger partial charge in [0, 0.05) is 18.5 Å². The van der Waals surface area contributed by atoms with Crippen molar-refractivity contribution in [3.05, 3.63) is 51.5 Å². The van der Waals surface area contributed by atoms with Crippen LogP contribution in [0.4, 0.5) is 10.1 Å². The van der Waals surface area contributed by atoms with Crippen molar-refractivity contribution in [3.8, 4) is 0 Å². The van der Waals surface area contributed by atoms with Crippen LogP contribution in [0.15, 0.2) is 34.6 Å². The molecule has 0 spiro atoms. The Hall–Kier alpha value is -1.40. The molecule has 0 saturated heterocycles. The molecule has 0 atom stereocenters. The molecule has 27 heavy (non-hydrogen) atoms. The standard InChI is InChI=1S/C17H23FN4O2S2.HI/c1-12-4-5-14(10-15(12)18)22-26(23,24)9-7-20-17(19-3)21-11-16-13(2)6-8-25-16;/h4-6,8,10,22H,7,9,11H2,1-3H3,(H2,19,20,21);1H. The predicted octanol–water partition coefficient (Wildman–Crippen LogP) is 3.23. The van der Waals surface area contributed by atoms with E-state index in [1.807, 2.05) is 18.4 Å². The van der Waals surface area contributed by atoms with Gasteiger partial charge in [-0.25, -0.2) is 12.8 Å². The first-order valence-corrected chi connectivity index (χ1v) is 10.6. The number of nitrogens with one attached hydrogen (secondary N) is 3. The molecule has 1 aromatic heterocycles. The number of hydrogen-bond donors (Lipinski definition) is 3. The van der Waals surface area contributed by atoms with E-state index < -0.39 is 15.8 Å². The van der Waals surface area contributed by atoms with Crippen LogP contribution in [0.1, 0.15) is 16.0 Å². The third-order valence-electron chi connectivity index (χ3n) is 3.72.